The third-order valence-corrected chi connectivity index (χ3v) is 5.38. The summed E-state index contributed by atoms with van der Waals surface area (Å²) in [4.78, 5) is 7.08. The summed E-state index contributed by atoms with van der Waals surface area (Å²) >= 11 is 0. The fourth-order valence-corrected chi connectivity index (χ4v) is 3.99. The molecule has 1 saturated carbocycles. The Balaban J connectivity index is 1.64. The summed E-state index contributed by atoms with van der Waals surface area (Å²) in [5.41, 5.74) is 3.62. The van der Waals surface area contributed by atoms with Gasteiger partial charge in [0, 0.05) is 29.7 Å². The van der Waals surface area contributed by atoms with Gasteiger partial charge in [0.1, 0.15) is 12.2 Å². The molecule has 1 aliphatic carbocycles. The summed E-state index contributed by atoms with van der Waals surface area (Å²) < 4.78 is 6.15. The van der Waals surface area contributed by atoms with Gasteiger partial charge in [0.2, 0.25) is 0 Å². The third kappa shape index (κ3) is 2.38. The average Bonchev–Trinajstić information content (AvgIpc) is 2.55. The highest BCUT2D eigenvalue weighted by Gasteiger charge is 2.29. The first-order valence-corrected chi connectivity index (χ1v) is 8.46. The number of ether oxygens (including phenoxy) is 1. The summed E-state index contributed by atoms with van der Waals surface area (Å²) in [5.74, 6) is 1.89. The van der Waals surface area contributed by atoms with E-state index >= 15 is 0 Å². The van der Waals surface area contributed by atoms with Crippen molar-refractivity contribution in [3.05, 3.63) is 35.5 Å². The molecule has 0 N–H and O–H groups in total. The van der Waals surface area contributed by atoms with Crippen LogP contribution in [0, 0.1) is 12.8 Å². The smallest absolute Gasteiger partial charge is 0.152 e. The molecule has 1 fully saturated rings. The fourth-order valence-electron chi connectivity index (χ4n) is 3.99. The fraction of sp³-hybridized carbons (Fsp3) is 0.526. The van der Waals surface area contributed by atoms with Gasteiger partial charge >= 0.3 is 0 Å². The Bertz CT molecular complexity index is 689. The molecule has 0 atom stereocenters. The average molecular weight is 296 g/mol. The highest BCUT2D eigenvalue weighted by molar-refractivity contribution is 5.88. The molecule has 1 aromatic carbocycles. The van der Waals surface area contributed by atoms with E-state index in [0.29, 0.717) is 12.8 Å². The predicted octanol–water partition coefficient (Wildman–Crippen LogP) is 4.27. The molecule has 22 heavy (non-hydrogen) atoms. The van der Waals surface area contributed by atoms with E-state index in [1.165, 1.54) is 42.2 Å². The van der Waals surface area contributed by atoms with Gasteiger partial charge in [-0.1, -0.05) is 19.1 Å². The van der Waals surface area contributed by atoms with E-state index in [0.717, 1.165) is 23.7 Å². The SMILES string of the molecule is Cc1cc2c(c3ncccc13)OCN(C1CCC(C)CC1)C2. The Hall–Kier alpha value is -1.61. The molecule has 2 heterocycles. The van der Waals surface area contributed by atoms with Crippen molar-refractivity contribution in [1.29, 1.82) is 0 Å². The maximum atomic E-state index is 6.15. The number of benzene rings is 1. The first-order chi connectivity index (χ1) is 10.7. The predicted molar refractivity (Wildman–Crippen MR) is 88.9 cm³/mol. The van der Waals surface area contributed by atoms with Gasteiger partial charge in [-0.15, -0.1) is 0 Å². The molecule has 2 aromatic rings. The summed E-state index contributed by atoms with van der Waals surface area (Å²) in [6.45, 7) is 6.26. The second-order valence-electron chi connectivity index (χ2n) is 7.02. The van der Waals surface area contributed by atoms with Crippen molar-refractivity contribution in [1.82, 2.24) is 9.88 Å². The lowest BCUT2D eigenvalue weighted by Gasteiger charge is -2.38. The molecular formula is C19H24N2O. The first kappa shape index (κ1) is 14.0. The topological polar surface area (TPSA) is 25.4 Å². The lowest BCUT2D eigenvalue weighted by Crippen LogP contribution is -2.42. The van der Waals surface area contributed by atoms with Crippen molar-refractivity contribution in [3.8, 4) is 5.75 Å². The van der Waals surface area contributed by atoms with Gasteiger partial charge in [-0.3, -0.25) is 9.88 Å². The van der Waals surface area contributed by atoms with Crippen LogP contribution in [0.15, 0.2) is 24.4 Å². The number of pyridine rings is 1. The molecule has 3 heteroatoms. The molecule has 0 bridgehead atoms. The molecule has 0 amide bonds. The van der Waals surface area contributed by atoms with Crippen LogP contribution in [0.1, 0.15) is 43.7 Å². The van der Waals surface area contributed by atoms with E-state index < -0.39 is 0 Å². The van der Waals surface area contributed by atoms with Crippen LogP contribution < -0.4 is 4.74 Å². The molecule has 0 radical (unpaired) electrons. The molecular weight excluding hydrogens is 272 g/mol. The molecule has 2 aliphatic rings. The van der Waals surface area contributed by atoms with E-state index in [2.05, 4.69) is 35.9 Å². The Morgan fingerprint density at radius 2 is 2.05 bits per heavy atom. The van der Waals surface area contributed by atoms with Crippen LogP contribution in [0.3, 0.4) is 0 Å². The van der Waals surface area contributed by atoms with Crippen molar-refractivity contribution in [3.63, 3.8) is 0 Å². The van der Waals surface area contributed by atoms with Crippen LogP contribution >= 0.6 is 0 Å². The lowest BCUT2D eigenvalue weighted by atomic mass is 9.86. The third-order valence-electron chi connectivity index (χ3n) is 5.38. The minimum atomic E-state index is 0.684. The van der Waals surface area contributed by atoms with Gasteiger partial charge in [0.15, 0.2) is 5.75 Å². The number of rotatable bonds is 1. The van der Waals surface area contributed by atoms with Crippen LogP contribution in [0.2, 0.25) is 0 Å². The molecule has 1 aliphatic heterocycles. The second-order valence-corrected chi connectivity index (χ2v) is 7.02. The number of hydrogen-bond acceptors (Lipinski definition) is 3. The van der Waals surface area contributed by atoms with Gasteiger partial charge in [0.25, 0.3) is 0 Å². The molecule has 0 saturated heterocycles. The molecule has 0 unspecified atom stereocenters. The van der Waals surface area contributed by atoms with E-state index in [1.54, 1.807) is 0 Å². The maximum Gasteiger partial charge on any atom is 0.152 e. The zero-order chi connectivity index (χ0) is 15.1. The Morgan fingerprint density at radius 3 is 2.86 bits per heavy atom. The summed E-state index contributed by atoms with van der Waals surface area (Å²) in [5, 5.41) is 1.21. The summed E-state index contributed by atoms with van der Waals surface area (Å²) in [6, 6.07) is 7.11. The number of hydrogen-bond donors (Lipinski definition) is 0. The number of nitrogens with zero attached hydrogens (tertiary/aromatic N) is 2. The quantitative estimate of drug-likeness (QED) is 0.785. The lowest BCUT2D eigenvalue weighted by molar-refractivity contribution is 0.0356. The monoisotopic (exact) mass is 296 g/mol. The minimum absolute atomic E-state index is 0.684. The van der Waals surface area contributed by atoms with Gasteiger partial charge in [-0.2, -0.15) is 0 Å². The molecule has 0 spiro atoms. The zero-order valence-electron chi connectivity index (χ0n) is 13.5. The Kier molecular flexibility index (Phi) is 3.53. The van der Waals surface area contributed by atoms with Crippen LogP contribution in [0.4, 0.5) is 0 Å². The molecule has 116 valence electrons. The van der Waals surface area contributed by atoms with Gasteiger partial charge in [-0.05, 0) is 50.2 Å². The van der Waals surface area contributed by atoms with Crippen molar-refractivity contribution in [2.24, 2.45) is 5.92 Å². The van der Waals surface area contributed by atoms with Gasteiger partial charge < -0.3 is 4.74 Å². The zero-order valence-corrected chi connectivity index (χ0v) is 13.5. The van der Waals surface area contributed by atoms with E-state index in [9.17, 15) is 0 Å². The van der Waals surface area contributed by atoms with Crippen LogP contribution in [0.25, 0.3) is 10.9 Å². The highest BCUT2D eigenvalue weighted by atomic mass is 16.5. The number of aryl methyl sites for hydroxylation is 1. The van der Waals surface area contributed by atoms with Crippen LogP contribution in [-0.2, 0) is 6.54 Å². The van der Waals surface area contributed by atoms with E-state index in [4.69, 9.17) is 4.74 Å². The van der Waals surface area contributed by atoms with Crippen LogP contribution in [-0.4, -0.2) is 22.7 Å². The maximum absolute atomic E-state index is 6.15. The van der Waals surface area contributed by atoms with E-state index in [1.807, 2.05) is 12.3 Å². The van der Waals surface area contributed by atoms with Crippen molar-refractivity contribution in [2.75, 3.05) is 6.73 Å². The van der Waals surface area contributed by atoms with Crippen molar-refractivity contribution >= 4 is 10.9 Å². The normalized spacial score (nSPS) is 25.7. The van der Waals surface area contributed by atoms with Gasteiger partial charge in [-0.25, -0.2) is 0 Å². The Morgan fingerprint density at radius 1 is 1.23 bits per heavy atom. The number of fused-ring (bicyclic) bond motifs is 3. The van der Waals surface area contributed by atoms with Crippen LogP contribution in [0.5, 0.6) is 5.75 Å². The van der Waals surface area contributed by atoms with Gasteiger partial charge in [0.05, 0.1) is 0 Å². The molecule has 1 aromatic heterocycles. The first-order valence-electron chi connectivity index (χ1n) is 8.46. The number of aromatic nitrogens is 1. The highest BCUT2D eigenvalue weighted by Crippen LogP contribution is 2.36. The second kappa shape index (κ2) is 5.54. The Labute approximate surface area is 132 Å². The standard InChI is InChI=1S/C19H24N2O/c1-13-5-7-16(8-6-13)21-11-15-10-14(2)17-4-3-9-20-18(17)19(15)22-12-21/h3-4,9-10,13,16H,5-8,11-12H2,1-2H3. The molecule has 3 nitrogen and oxygen atoms in total. The summed E-state index contributed by atoms with van der Waals surface area (Å²) in [7, 11) is 0. The summed E-state index contributed by atoms with van der Waals surface area (Å²) in [6.07, 6.45) is 7.19. The van der Waals surface area contributed by atoms with E-state index in [-0.39, 0.29) is 0 Å². The van der Waals surface area contributed by atoms with Crippen molar-refractivity contribution < 1.29 is 4.74 Å². The largest absolute Gasteiger partial charge is 0.475 e. The molecule has 4 rings (SSSR count). The minimum Gasteiger partial charge on any atom is -0.475 e. The van der Waals surface area contributed by atoms with Crippen molar-refractivity contribution in [2.45, 2.75) is 52.1 Å².